The first-order valence-electron chi connectivity index (χ1n) is 9.61. The fourth-order valence-electron chi connectivity index (χ4n) is 3.69. The van der Waals surface area contributed by atoms with Gasteiger partial charge in [0.1, 0.15) is 0 Å². The van der Waals surface area contributed by atoms with Crippen molar-refractivity contribution in [3.8, 4) is 11.5 Å². The summed E-state index contributed by atoms with van der Waals surface area (Å²) in [5.74, 6) is -0.0732. The molecule has 1 atom stereocenters. The lowest BCUT2D eigenvalue weighted by atomic mass is 10.0. The van der Waals surface area contributed by atoms with Gasteiger partial charge in [-0.2, -0.15) is 0 Å². The smallest absolute Gasteiger partial charge is 0.290 e. The van der Waals surface area contributed by atoms with Crippen LogP contribution in [0, 0.1) is 0 Å². The van der Waals surface area contributed by atoms with Crippen molar-refractivity contribution in [2.45, 2.75) is 12.5 Å². The maximum Gasteiger partial charge on any atom is 0.290 e. The molecule has 4 rings (SSSR count). The minimum atomic E-state index is -0.609. The van der Waals surface area contributed by atoms with E-state index in [9.17, 15) is 14.7 Å². The van der Waals surface area contributed by atoms with E-state index in [1.165, 1.54) is 22.7 Å². The van der Waals surface area contributed by atoms with E-state index < -0.39 is 17.7 Å². The Kier molecular flexibility index (Phi) is 6.11. The second-order valence-corrected chi connectivity index (χ2v) is 8.85. The van der Waals surface area contributed by atoms with Gasteiger partial charge < -0.3 is 19.5 Å². The molecule has 2 aromatic heterocycles. The van der Waals surface area contributed by atoms with Crippen molar-refractivity contribution in [2.24, 2.45) is 0 Å². The second kappa shape index (κ2) is 8.95. The van der Waals surface area contributed by atoms with Crippen molar-refractivity contribution in [1.29, 1.82) is 0 Å². The van der Waals surface area contributed by atoms with Gasteiger partial charge in [0.2, 0.25) is 5.78 Å². The highest BCUT2D eigenvalue weighted by Crippen LogP contribution is 2.41. The highest BCUT2D eigenvalue weighted by molar-refractivity contribution is 7.12. The summed E-state index contributed by atoms with van der Waals surface area (Å²) in [6, 6.07) is 12.2. The average molecular weight is 456 g/mol. The topological polar surface area (TPSA) is 76.1 Å². The molecule has 1 aliphatic rings. The van der Waals surface area contributed by atoms with Gasteiger partial charge in [-0.1, -0.05) is 18.2 Å². The molecule has 0 radical (unpaired) electrons. The van der Waals surface area contributed by atoms with Crippen LogP contribution in [-0.4, -0.2) is 42.5 Å². The van der Waals surface area contributed by atoms with E-state index in [2.05, 4.69) is 0 Å². The van der Waals surface area contributed by atoms with Gasteiger partial charge in [-0.3, -0.25) is 9.59 Å². The number of aliphatic hydroxyl groups is 1. The standard InChI is InChI=1S/C23H21NO5S2/c1-28-15-8-7-14(13-16(15)29-2)9-10-24-20(17-5-3-11-30-17)19(22(26)23(24)27)21(25)18-6-4-12-31-18/h3-8,11-13,20,26H,9-10H2,1-2H3/t20-/m1/s1. The molecule has 31 heavy (non-hydrogen) atoms. The number of ketones is 1. The molecular formula is C23H21NO5S2. The lowest BCUT2D eigenvalue weighted by Gasteiger charge is -2.25. The Balaban J connectivity index is 1.63. The molecule has 1 aromatic carbocycles. The van der Waals surface area contributed by atoms with Crippen molar-refractivity contribution in [1.82, 2.24) is 4.90 Å². The molecule has 1 aliphatic heterocycles. The molecule has 0 unspecified atom stereocenters. The highest BCUT2D eigenvalue weighted by atomic mass is 32.1. The lowest BCUT2D eigenvalue weighted by molar-refractivity contribution is -0.129. The van der Waals surface area contributed by atoms with Crippen molar-refractivity contribution in [3.63, 3.8) is 0 Å². The number of benzene rings is 1. The maximum atomic E-state index is 13.1. The van der Waals surface area contributed by atoms with E-state index in [1.54, 1.807) is 36.6 Å². The van der Waals surface area contributed by atoms with Gasteiger partial charge in [-0.25, -0.2) is 0 Å². The Morgan fingerprint density at radius 1 is 1.06 bits per heavy atom. The third-order valence-corrected chi connectivity index (χ3v) is 6.99. The number of Topliss-reactive ketones (excluding diaryl/α,β-unsaturated/α-hetero) is 1. The first kappa shape index (κ1) is 21.1. The Bertz CT molecular complexity index is 1120. The second-order valence-electron chi connectivity index (χ2n) is 6.92. The number of hydrogen-bond donors (Lipinski definition) is 1. The van der Waals surface area contributed by atoms with E-state index in [1.807, 2.05) is 35.7 Å². The van der Waals surface area contributed by atoms with Crippen LogP contribution in [0.15, 0.2) is 64.6 Å². The molecule has 3 aromatic rings. The minimum Gasteiger partial charge on any atom is -0.503 e. The molecule has 0 saturated carbocycles. The molecule has 160 valence electrons. The zero-order valence-electron chi connectivity index (χ0n) is 17.0. The van der Waals surface area contributed by atoms with Crippen LogP contribution in [0.3, 0.4) is 0 Å². The van der Waals surface area contributed by atoms with Gasteiger partial charge in [0.25, 0.3) is 5.91 Å². The third kappa shape index (κ3) is 3.96. The number of rotatable bonds is 8. The number of amides is 1. The fraction of sp³-hybridized carbons (Fsp3) is 0.217. The van der Waals surface area contributed by atoms with E-state index >= 15 is 0 Å². The van der Waals surface area contributed by atoms with Crippen LogP contribution >= 0.6 is 22.7 Å². The average Bonchev–Trinajstić information content (AvgIpc) is 3.54. The van der Waals surface area contributed by atoms with Gasteiger partial charge in [0, 0.05) is 11.4 Å². The van der Waals surface area contributed by atoms with Gasteiger partial charge in [-0.05, 0) is 47.0 Å². The Morgan fingerprint density at radius 2 is 1.81 bits per heavy atom. The number of carbonyl (C=O) groups excluding carboxylic acids is 2. The minimum absolute atomic E-state index is 0.141. The number of carbonyl (C=O) groups is 2. The van der Waals surface area contributed by atoms with Crippen molar-refractivity contribution in [2.75, 3.05) is 20.8 Å². The molecule has 0 fully saturated rings. The largest absolute Gasteiger partial charge is 0.503 e. The molecule has 0 aliphatic carbocycles. The molecular weight excluding hydrogens is 434 g/mol. The molecule has 6 nitrogen and oxygen atoms in total. The summed E-state index contributed by atoms with van der Waals surface area (Å²) in [5, 5.41) is 14.4. The number of aliphatic hydroxyl groups excluding tert-OH is 1. The SMILES string of the molecule is COc1ccc(CCN2C(=O)C(O)=C(C(=O)c3cccs3)[C@H]2c2cccs2)cc1OC. The van der Waals surface area contributed by atoms with Crippen LogP contribution in [-0.2, 0) is 11.2 Å². The van der Waals surface area contributed by atoms with E-state index in [-0.39, 0.29) is 11.4 Å². The van der Waals surface area contributed by atoms with E-state index in [0.717, 1.165) is 10.4 Å². The predicted molar refractivity (Wildman–Crippen MR) is 120 cm³/mol. The number of methoxy groups -OCH3 is 2. The summed E-state index contributed by atoms with van der Waals surface area (Å²) >= 11 is 2.75. The molecule has 1 N–H and O–H groups in total. The molecule has 0 bridgehead atoms. The summed E-state index contributed by atoms with van der Waals surface area (Å²) in [4.78, 5) is 29.0. The number of thiophene rings is 2. The van der Waals surface area contributed by atoms with Crippen LogP contribution in [0.2, 0.25) is 0 Å². The summed E-state index contributed by atoms with van der Waals surface area (Å²) in [7, 11) is 3.15. The summed E-state index contributed by atoms with van der Waals surface area (Å²) in [5.41, 5.74) is 1.09. The van der Waals surface area contributed by atoms with Crippen molar-refractivity contribution in [3.05, 3.63) is 79.9 Å². The number of nitrogens with zero attached hydrogens (tertiary/aromatic N) is 1. The highest BCUT2D eigenvalue weighted by Gasteiger charge is 2.44. The first-order chi connectivity index (χ1) is 15.0. The van der Waals surface area contributed by atoms with Crippen LogP contribution in [0.25, 0.3) is 0 Å². The van der Waals surface area contributed by atoms with Gasteiger partial charge in [0.05, 0.1) is 30.7 Å². The zero-order valence-corrected chi connectivity index (χ0v) is 18.7. The van der Waals surface area contributed by atoms with Crippen molar-refractivity contribution < 1.29 is 24.2 Å². The number of hydrogen-bond acceptors (Lipinski definition) is 7. The zero-order chi connectivity index (χ0) is 22.0. The van der Waals surface area contributed by atoms with Gasteiger partial charge in [-0.15, -0.1) is 22.7 Å². The maximum absolute atomic E-state index is 13.1. The summed E-state index contributed by atoms with van der Waals surface area (Å²) in [6.45, 7) is 0.335. The van der Waals surface area contributed by atoms with Crippen LogP contribution in [0.4, 0.5) is 0 Å². The Morgan fingerprint density at radius 3 is 2.45 bits per heavy atom. The first-order valence-corrected chi connectivity index (χ1v) is 11.4. The van der Waals surface area contributed by atoms with E-state index in [0.29, 0.717) is 29.3 Å². The summed E-state index contributed by atoms with van der Waals surface area (Å²) in [6.07, 6.45) is 0.529. The van der Waals surface area contributed by atoms with Crippen LogP contribution in [0.5, 0.6) is 11.5 Å². The lowest BCUT2D eigenvalue weighted by Crippen LogP contribution is -2.32. The molecule has 0 saturated heterocycles. The molecule has 3 heterocycles. The molecule has 0 spiro atoms. The van der Waals surface area contributed by atoms with Crippen molar-refractivity contribution >= 4 is 34.4 Å². The fourth-order valence-corrected chi connectivity index (χ4v) is 5.21. The quantitative estimate of drug-likeness (QED) is 0.501. The predicted octanol–water partition coefficient (Wildman–Crippen LogP) is 4.65. The number of ether oxygens (including phenoxy) is 2. The van der Waals surface area contributed by atoms with Gasteiger partial charge >= 0.3 is 0 Å². The summed E-state index contributed by atoms with van der Waals surface area (Å²) < 4.78 is 10.6. The van der Waals surface area contributed by atoms with E-state index in [4.69, 9.17) is 9.47 Å². The third-order valence-electron chi connectivity index (χ3n) is 5.20. The van der Waals surface area contributed by atoms with Crippen LogP contribution < -0.4 is 9.47 Å². The Labute approximate surface area is 188 Å². The Hall–Kier alpha value is -3.10. The molecule has 1 amide bonds. The van der Waals surface area contributed by atoms with Crippen LogP contribution in [0.1, 0.15) is 26.2 Å². The normalized spacial score (nSPS) is 16.1. The van der Waals surface area contributed by atoms with Gasteiger partial charge in [0.15, 0.2) is 17.3 Å². The molecule has 8 heteroatoms. The monoisotopic (exact) mass is 455 g/mol.